The molecular weight excluding hydrogens is 454 g/mol. The Morgan fingerprint density at radius 2 is 1.83 bits per heavy atom. The van der Waals surface area contributed by atoms with Crippen LogP contribution in [0.15, 0.2) is 65.7 Å². The summed E-state index contributed by atoms with van der Waals surface area (Å²) in [5, 5.41) is 16.3. The lowest BCUT2D eigenvalue weighted by Gasteiger charge is -2.18. The minimum absolute atomic E-state index is 0.126. The third-order valence-corrected chi connectivity index (χ3v) is 6.10. The molecule has 0 fully saturated rings. The first kappa shape index (κ1) is 24.5. The number of fused-ring (bicyclic) bond motifs is 1. The van der Waals surface area contributed by atoms with Crippen LogP contribution in [0.1, 0.15) is 35.3 Å². The summed E-state index contributed by atoms with van der Waals surface area (Å²) in [6, 6.07) is 18.3. The van der Waals surface area contributed by atoms with Crippen LogP contribution in [0.5, 0.6) is 5.75 Å². The zero-order chi connectivity index (χ0) is 26.0. The van der Waals surface area contributed by atoms with E-state index in [9.17, 15) is 14.9 Å². The number of aromatic nitrogens is 2. The van der Waals surface area contributed by atoms with Crippen LogP contribution in [0, 0.1) is 18.3 Å². The molecule has 4 aromatic rings. The summed E-state index contributed by atoms with van der Waals surface area (Å²) in [5.74, 6) is 0.183. The van der Waals surface area contributed by atoms with Gasteiger partial charge in [0.2, 0.25) is 0 Å². The third kappa shape index (κ3) is 4.91. The van der Waals surface area contributed by atoms with Gasteiger partial charge in [-0.15, -0.1) is 0 Å². The molecule has 0 radical (unpaired) electrons. The van der Waals surface area contributed by atoms with Gasteiger partial charge in [0.05, 0.1) is 35.8 Å². The molecule has 36 heavy (non-hydrogen) atoms. The first-order valence-electron chi connectivity index (χ1n) is 11.4. The van der Waals surface area contributed by atoms with E-state index in [4.69, 9.17) is 4.74 Å². The Kier molecular flexibility index (Phi) is 6.49. The average Bonchev–Trinajstić information content (AvgIpc) is 2.88. The Balaban J connectivity index is 1.61. The predicted molar refractivity (Wildman–Crippen MR) is 141 cm³/mol. The molecule has 0 aliphatic rings. The summed E-state index contributed by atoms with van der Waals surface area (Å²) in [7, 11) is 3.19. The fourth-order valence-corrected chi connectivity index (χ4v) is 3.76. The lowest BCUT2D eigenvalue weighted by atomic mass is 9.85. The van der Waals surface area contributed by atoms with Gasteiger partial charge in [0.25, 0.3) is 11.5 Å². The summed E-state index contributed by atoms with van der Waals surface area (Å²) in [6.07, 6.45) is 1.50. The van der Waals surface area contributed by atoms with Gasteiger partial charge in [-0.2, -0.15) is 5.26 Å². The minimum Gasteiger partial charge on any atom is -0.497 e. The topological polar surface area (TPSA) is 109 Å². The van der Waals surface area contributed by atoms with Crippen molar-refractivity contribution in [2.75, 3.05) is 17.7 Å². The standard InChI is InChI=1S/C28H27N5O3/c1-17-6-7-21(32-26(34)18-10-19(28(2,3)15-29)12-22(11-18)36-5)14-25(17)31-20-8-9-24-23(13-20)27(35)33(4)16-30-24/h6-14,16,31H,1-5H3,(H,32,34). The van der Waals surface area contributed by atoms with Crippen LogP contribution in [0.4, 0.5) is 17.1 Å². The van der Waals surface area contributed by atoms with E-state index >= 15 is 0 Å². The first-order chi connectivity index (χ1) is 17.1. The van der Waals surface area contributed by atoms with Crippen LogP contribution in [-0.2, 0) is 12.5 Å². The first-order valence-corrected chi connectivity index (χ1v) is 11.4. The molecule has 0 spiro atoms. The van der Waals surface area contributed by atoms with Crippen LogP contribution < -0.4 is 20.9 Å². The molecule has 0 aliphatic carbocycles. The number of carbonyl (C=O) groups excluding carboxylic acids is 1. The monoisotopic (exact) mass is 481 g/mol. The van der Waals surface area contributed by atoms with E-state index in [1.165, 1.54) is 18.0 Å². The van der Waals surface area contributed by atoms with Crippen LogP contribution in [0.25, 0.3) is 10.9 Å². The molecule has 4 rings (SSSR count). The van der Waals surface area contributed by atoms with Gasteiger partial charge in [0.1, 0.15) is 5.75 Å². The smallest absolute Gasteiger partial charge is 0.260 e. The van der Waals surface area contributed by atoms with E-state index in [-0.39, 0.29) is 11.5 Å². The number of nitrogens with one attached hydrogen (secondary N) is 2. The highest BCUT2D eigenvalue weighted by Gasteiger charge is 2.22. The van der Waals surface area contributed by atoms with Gasteiger partial charge in [-0.1, -0.05) is 6.07 Å². The number of hydrogen-bond donors (Lipinski definition) is 2. The molecule has 8 heteroatoms. The van der Waals surface area contributed by atoms with E-state index < -0.39 is 5.41 Å². The summed E-state index contributed by atoms with van der Waals surface area (Å²) < 4.78 is 6.80. The van der Waals surface area contributed by atoms with E-state index in [1.807, 2.05) is 31.2 Å². The van der Waals surface area contributed by atoms with Crippen LogP contribution in [0.3, 0.4) is 0 Å². The Morgan fingerprint density at radius 3 is 2.56 bits per heavy atom. The molecule has 0 atom stereocenters. The highest BCUT2D eigenvalue weighted by atomic mass is 16.5. The average molecular weight is 482 g/mol. The third-order valence-electron chi connectivity index (χ3n) is 6.10. The molecule has 0 saturated carbocycles. The van der Waals surface area contributed by atoms with Crippen molar-refractivity contribution in [2.45, 2.75) is 26.2 Å². The van der Waals surface area contributed by atoms with Gasteiger partial charge < -0.3 is 19.9 Å². The summed E-state index contributed by atoms with van der Waals surface area (Å²) >= 11 is 0. The molecule has 3 aromatic carbocycles. The van der Waals surface area contributed by atoms with Crippen LogP contribution in [-0.4, -0.2) is 22.6 Å². The zero-order valence-electron chi connectivity index (χ0n) is 20.8. The maximum atomic E-state index is 13.1. The second-order valence-electron chi connectivity index (χ2n) is 9.19. The molecule has 2 N–H and O–H groups in total. The van der Waals surface area contributed by atoms with Crippen molar-refractivity contribution >= 4 is 33.9 Å². The van der Waals surface area contributed by atoms with Crippen molar-refractivity contribution in [2.24, 2.45) is 7.05 Å². The molecule has 0 aliphatic heterocycles. The molecular formula is C28H27N5O3. The van der Waals surface area contributed by atoms with Crippen molar-refractivity contribution in [3.8, 4) is 11.8 Å². The van der Waals surface area contributed by atoms with Crippen molar-refractivity contribution in [1.82, 2.24) is 9.55 Å². The van der Waals surface area contributed by atoms with Crippen LogP contribution in [0.2, 0.25) is 0 Å². The largest absolute Gasteiger partial charge is 0.497 e. The molecule has 8 nitrogen and oxygen atoms in total. The van der Waals surface area contributed by atoms with Crippen molar-refractivity contribution in [3.05, 3.63) is 88.0 Å². The number of hydrogen-bond acceptors (Lipinski definition) is 6. The fourth-order valence-electron chi connectivity index (χ4n) is 3.76. The van der Waals surface area contributed by atoms with Crippen molar-refractivity contribution in [3.63, 3.8) is 0 Å². The number of nitriles is 1. The maximum Gasteiger partial charge on any atom is 0.260 e. The van der Waals surface area contributed by atoms with Gasteiger partial charge in [-0.05, 0) is 80.4 Å². The highest BCUT2D eigenvalue weighted by Crippen LogP contribution is 2.29. The van der Waals surface area contributed by atoms with Crippen molar-refractivity contribution < 1.29 is 9.53 Å². The molecule has 1 aromatic heterocycles. The lowest BCUT2D eigenvalue weighted by molar-refractivity contribution is 0.102. The summed E-state index contributed by atoms with van der Waals surface area (Å²) in [6.45, 7) is 5.54. The second kappa shape index (κ2) is 9.55. The molecule has 0 unspecified atom stereocenters. The molecule has 0 saturated heterocycles. The van der Waals surface area contributed by atoms with Crippen LogP contribution >= 0.6 is 0 Å². The number of anilines is 3. The van der Waals surface area contributed by atoms with E-state index in [0.29, 0.717) is 33.5 Å². The number of benzene rings is 3. The minimum atomic E-state index is -0.777. The van der Waals surface area contributed by atoms with E-state index in [2.05, 4.69) is 21.7 Å². The van der Waals surface area contributed by atoms with Gasteiger partial charge in [-0.25, -0.2) is 4.98 Å². The zero-order valence-corrected chi connectivity index (χ0v) is 20.8. The number of amides is 1. The van der Waals surface area contributed by atoms with Gasteiger partial charge in [0.15, 0.2) is 0 Å². The Hall–Kier alpha value is -4.64. The van der Waals surface area contributed by atoms with E-state index in [0.717, 1.165) is 16.9 Å². The lowest BCUT2D eigenvalue weighted by Crippen LogP contribution is -2.17. The normalized spacial score (nSPS) is 11.1. The summed E-state index contributed by atoms with van der Waals surface area (Å²) in [4.78, 5) is 29.9. The molecule has 1 amide bonds. The second-order valence-corrected chi connectivity index (χ2v) is 9.19. The Bertz CT molecular complexity index is 1580. The van der Waals surface area contributed by atoms with Gasteiger partial charge >= 0.3 is 0 Å². The highest BCUT2D eigenvalue weighted by molar-refractivity contribution is 6.05. The maximum absolute atomic E-state index is 13.1. The summed E-state index contributed by atoms with van der Waals surface area (Å²) in [5.41, 5.74) is 3.87. The Labute approximate surface area is 209 Å². The number of methoxy groups -OCH3 is 1. The number of carbonyl (C=O) groups is 1. The van der Waals surface area contributed by atoms with Gasteiger partial charge in [-0.3, -0.25) is 9.59 Å². The molecule has 0 bridgehead atoms. The van der Waals surface area contributed by atoms with E-state index in [1.54, 1.807) is 51.2 Å². The number of aryl methyl sites for hydroxylation is 2. The predicted octanol–water partition coefficient (Wildman–Crippen LogP) is 5.05. The Morgan fingerprint density at radius 1 is 1.08 bits per heavy atom. The van der Waals surface area contributed by atoms with Crippen molar-refractivity contribution in [1.29, 1.82) is 5.26 Å². The number of ether oxygens (including phenoxy) is 1. The van der Waals surface area contributed by atoms with Gasteiger partial charge in [0, 0.05) is 29.7 Å². The number of rotatable bonds is 6. The molecule has 182 valence electrons. The number of nitrogens with zero attached hydrogens (tertiary/aromatic N) is 3. The molecule has 1 heterocycles. The fraction of sp³-hybridized carbons (Fsp3) is 0.214. The quantitative estimate of drug-likeness (QED) is 0.399. The SMILES string of the molecule is COc1cc(C(=O)Nc2ccc(C)c(Nc3ccc4ncn(C)c(=O)c4c3)c2)cc(C(C)(C)C#N)c1.